The first-order valence-corrected chi connectivity index (χ1v) is 4.42. The maximum absolute atomic E-state index is 12.7. The van der Waals surface area contributed by atoms with Gasteiger partial charge in [-0.2, -0.15) is 0 Å². The summed E-state index contributed by atoms with van der Waals surface area (Å²) in [5.41, 5.74) is 5.49. The molecule has 1 aromatic carbocycles. The zero-order valence-electron chi connectivity index (χ0n) is 7.97. The van der Waals surface area contributed by atoms with Crippen molar-refractivity contribution in [2.24, 2.45) is 5.73 Å². The van der Waals surface area contributed by atoms with Crippen LogP contribution >= 0.6 is 0 Å². The Morgan fingerprint density at radius 1 is 1.29 bits per heavy atom. The van der Waals surface area contributed by atoms with Crippen LogP contribution in [0.15, 0.2) is 18.2 Å². The van der Waals surface area contributed by atoms with Gasteiger partial charge in [-0.05, 0) is 13.3 Å². The van der Waals surface area contributed by atoms with Crippen LogP contribution in [0.2, 0.25) is 0 Å². The summed E-state index contributed by atoms with van der Waals surface area (Å²) in [6, 6.07) is 3.11. The summed E-state index contributed by atoms with van der Waals surface area (Å²) in [5.74, 6) is -1.08. The van der Waals surface area contributed by atoms with E-state index in [0.29, 0.717) is 13.0 Å². The largest absolute Gasteiger partial charge is 0.493 e. The third kappa shape index (κ3) is 3.70. The number of hydrogen-bond acceptors (Lipinski definition) is 2. The van der Waals surface area contributed by atoms with E-state index in [0.717, 1.165) is 18.2 Å². The van der Waals surface area contributed by atoms with Crippen molar-refractivity contribution in [2.45, 2.75) is 19.4 Å². The zero-order valence-corrected chi connectivity index (χ0v) is 7.97. The van der Waals surface area contributed by atoms with E-state index < -0.39 is 11.6 Å². The molecule has 1 unspecified atom stereocenters. The number of benzene rings is 1. The van der Waals surface area contributed by atoms with Crippen LogP contribution in [0.3, 0.4) is 0 Å². The molecule has 1 rings (SSSR count). The highest BCUT2D eigenvalue weighted by Gasteiger charge is 2.01. The van der Waals surface area contributed by atoms with Gasteiger partial charge in [-0.3, -0.25) is 0 Å². The van der Waals surface area contributed by atoms with Crippen molar-refractivity contribution >= 4 is 0 Å². The first kappa shape index (κ1) is 10.9. The molecule has 0 amide bonds. The van der Waals surface area contributed by atoms with Gasteiger partial charge in [0.2, 0.25) is 0 Å². The number of halogens is 2. The van der Waals surface area contributed by atoms with Gasteiger partial charge in [0.15, 0.2) is 0 Å². The zero-order chi connectivity index (χ0) is 10.6. The van der Waals surface area contributed by atoms with E-state index in [9.17, 15) is 8.78 Å². The molecular formula is C10H13F2NO. The summed E-state index contributed by atoms with van der Waals surface area (Å²) in [4.78, 5) is 0. The van der Waals surface area contributed by atoms with E-state index in [1.165, 1.54) is 0 Å². The van der Waals surface area contributed by atoms with Crippen molar-refractivity contribution in [3.63, 3.8) is 0 Å². The summed E-state index contributed by atoms with van der Waals surface area (Å²) < 4.78 is 30.5. The molecule has 1 atom stereocenters. The fourth-order valence-electron chi connectivity index (χ4n) is 0.975. The van der Waals surface area contributed by atoms with Crippen molar-refractivity contribution in [1.29, 1.82) is 0 Å². The maximum atomic E-state index is 12.7. The lowest BCUT2D eigenvalue weighted by atomic mass is 10.3. The van der Waals surface area contributed by atoms with Crippen LogP contribution in [-0.2, 0) is 0 Å². The van der Waals surface area contributed by atoms with Gasteiger partial charge in [0.25, 0.3) is 0 Å². The second-order valence-electron chi connectivity index (χ2n) is 3.22. The monoisotopic (exact) mass is 201 g/mol. The SMILES string of the molecule is CC(N)CCOc1cc(F)cc(F)c1. The van der Waals surface area contributed by atoms with Crippen molar-refractivity contribution in [2.75, 3.05) is 6.61 Å². The van der Waals surface area contributed by atoms with Gasteiger partial charge < -0.3 is 10.5 Å². The maximum Gasteiger partial charge on any atom is 0.129 e. The molecule has 0 heterocycles. The van der Waals surface area contributed by atoms with E-state index >= 15 is 0 Å². The summed E-state index contributed by atoms with van der Waals surface area (Å²) in [5, 5.41) is 0. The molecule has 78 valence electrons. The average Bonchev–Trinajstić information content (AvgIpc) is 2.01. The van der Waals surface area contributed by atoms with E-state index in [4.69, 9.17) is 10.5 Å². The molecule has 0 spiro atoms. The summed E-state index contributed by atoms with van der Waals surface area (Å²) in [7, 11) is 0. The van der Waals surface area contributed by atoms with Crippen LogP contribution in [0.25, 0.3) is 0 Å². The van der Waals surface area contributed by atoms with Crippen LogP contribution < -0.4 is 10.5 Å². The minimum atomic E-state index is -0.638. The van der Waals surface area contributed by atoms with E-state index in [-0.39, 0.29) is 11.8 Å². The predicted molar refractivity (Wildman–Crippen MR) is 50.1 cm³/mol. The molecule has 0 bridgehead atoms. The molecule has 4 heteroatoms. The molecule has 1 aromatic rings. The van der Waals surface area contributed by atoms with Gasteiger partial charge in [0, 0.05) is 24.2 Å². The molecule has 2 N–H and O–H groups in total. The molecular weight excluding hydrogens is 188 g/mol. The third-order valence-corrected chi connectivity index (χ3v) is 1.68. The lowest BCUT2D eigenvalue weighted by molar-refractivity contribution is 0.298. The Balaban J connectivity index is 2.50. The molecule has 0 aliphatic rings. The lowest BCUT2D eigenvalue weighted by Crippen LogP contribution is -2.18. The van der Waals surface area contributed by atoms with Crippen LogP contribution in [0.4, 0.5) is 8.78 Å². The van der Waals surface area contributed by atoms with Crippen molar-refractivity contribution < 1.29 is 13.5 Å². The Hall–Kier alpha value is -1.16. The van der Waals surface area contributed by atoms with Crippen molar-refractivity contribution in [1.82, 2.24) is 0 Å². The normalized spacial score (nSPS) is 12.6. The topological polar surface area (TPSA) is 35.2 Å². The molecule has 0 saturated carbocycles. The first-order chi connectivity index (χ1) is 6.58. The minimum absolute atomic E-state index is 0.0217. The molecule has 0 saturated heterocycles. The molecule has 0 radical (unpaired) electrons. The van der Waals surface area contributed by atoms with Crippen LogP contribution in [0.1, 0.15) is 13.3 Å². The van der Waals surface area contributed by atoms with Gasteiger partial charge >= 0.3 is 0 Å². The molecule has 2 nitrogen and oxygen atoms in total. The first-order valence-electron chi connectivity index (χ1n) is 4.42. The van der Waals surface area contributed by atoms with E-state index in [2.05, 4.69) is 0 Å². The number of nitrogens with two attached hydrogens (primary N) is 1. The fraction of sp³-hybridized carbons (Fsp3) is 0.400. The Labute approximate surface area is 81.7 Å². The third-order valence-electron chi connectivity index (χ3n) is 1.68. The minimum Gasteiger partial charge on any atom is -0.493 e. The number of hydrogen-bond donors (Lipinski definition) is 1. The van der Waals surface area contributed by atoms with Gasteiger partial charge in [0.1, 0.15) is 17.4 Å². The molecule has 0 aromatic heterocycles. The van der Waals surface area contributed by atoms with Gasteiger partial charge in [0.05, 0.1) is 6.61 Å². The van der Waals surface area contributed by atoms with Crippen LogP contribution in [-0.4, -0.2) is 12.6 Å². The average molecular weight is 201 g/mol. The Morgan fingerprint density at radius 2 is 1.86 bits per heavy atom. The molecule has 0 fully saturated rings. The molecule has 14 heavy (non-hydrogen) atoms. The van der Waals surface area contributed by atoms with Crippen LogP contribution in [0.5, 0.6) is 5.75 Å². The molecule has 0 aliphatic carbocycles. The summed E-state index contributed by atoms with van der Waals surface area (Å²) >= 11 is 0. The van der Waals surface area contributed by atoms with E-state index in [1.54, 1.807) is 0 Å². The quantitative estimate of drug-likeness (QED) is 0.809. The highest BCUT2D eigenvalue weighted by molar-refractivity contribution is 5.23. The summed E-state index contributed by atoms with van der Waals surface area (Å²) in [6.07, 6.45) is 0.651. The number of ether oxygens (including phenoxy) is 1. The fourth-order valence-corrected chi connectivity index (χ4v) is 0.975. The van der Waals surface area contributed by atoms with Gasteiger partial charge in [-0.1, -0.05) is 0 Å². The predicted octanol–water partition coefficient (Wildman–Crippen LogP) is 2.08. The van der Waals surface area contributed by atoms with Crippen molar-refractivity contribution in [3.05, 3.63) is 29.8 Å². The smallest absolute Gasteiger partial charge is 0.129 e. The second kappa shape index (κ2) is 4.91. The number of rotatable bonds is 4. The van der Waals surface area contributed by atoms with Crippen molar-refractivity contribution in [3.8, 4) is 5.75 Å². The van der Waals surface area contributed by atoms with Crippen LogP contribution in [0, 0.1) is 11.6 Å². The lowest BCUT2D eigenvalue weighted by Gasteiger charge is -2.08. The summed E-state index contributed by atoms with van der Waals surface area (Å²) in [6.45, 7) is 2.20. The van der Waals surface area contributed by atoms with Gasteiger partial charge in [-0.15, -0.1) is 0 Å². The highest BCUT2D eigenvalue weighted by atomic mass is 19.1. The standard InChI is InChI=1S/C10H13F2NO/c1-7(13)2-3-14-10-5-8(11)4-9(12)6-10/h4-7H,2-3,13H2,1H3. The highest BCUT2D eigenvalue weighted by Crippen LogP contribution is 2.15. The Morgan fingerprint density at radius 3 is 2.36 bits per heavy atom. The second-order valence-corrected chi connectivity index (χ2v) is 3.22. The van der Waals surface area contributed by atoms with Gasteiger partial charge in [-0.25, -0.2) is 8.78 Å². The van der Waals surface area contributed by atoms with E-state index in [1.807, 2.05) is 6.92 Å². The Bertz CT molecular complexity index is 282. The Kier molecular flexibility index (Phi) is 3.83. The molecule has 0 aliphatic heterocycles.